The lowest BCUT2D eigenvalue weighted by Gasteiger charge is -2.28. The molecule has 0 aliphatic carbocycles. The normalized spacial score (nSPS) is 15.0. The number of hydrogen-bond donors (Lipinski definition) is 2. The third-order valence-electron chi connectivity index (χ3n) is 4.93. The van der Waals surface area contributed by atoms with Gasteiger partial charge < -0.3 is 20.3 Å². The van der Waals surface area contributed by atoms with Crippen molar-refractivity contribution in [3.8, 4) is 11.5 Å². The summed E-state index contributed by atoms with van der Waals surface area (Å²) < 4.78 is 49.4. The van der Waals surface area contributed by atoms with Crippen molar-refractivity contribution in [2.75, 3.05) is 14.2 Å². The zero-order valence-electron chi connectivity index (χ0n) is 16.2. The van der Waals surface area contributed by atoms with Gasteiger partial charge in [-0.15, -0.1) is 0 Å². The Morgan fingerprint density at radius 2 is 1.71 bits per heavy atom. The van der Waals surface area contributed by atoms with E-state index in [0.717, 1.165) is 17.7 Å². The zero-order chi connectivity index (χ0) is 20.9. The molecular formula is C21H26F3NO3. The molecule has 0 spiro atoms. The highest BCUT2D eigenvalue weighted by Gasteiger charge is 2.32. The van der Waals surface area contributed by atoms with Crippen LogP contribution < -0.4 is 15.2 Å². The molecule has 0 amide bonds. The summed E-state index contributed by atoms with van der Waals surface area (Å²) in [4.78, 5) is 0. The van der Waals surface area contributed by atoms with Crippen molar-refractivity contribution in [2.45, 2.75) is 38.1 Å². The number of aliphatic hydroxyl groups is 1. The maximum Gasteiger partial charge on any atom is 0.416 e. The summed E-state index contributed by atoms with van der Waals surface area (Å²) >= 11 is 0. The van der Waals surface area contributed by atoms with Crippen molar-refractivity contribution in [1.29, 1.82) is 0 Å². The lowest BCUT2D eigenvalue weighted by atomic mass is 9.85. The quantitative estimate of drug-likeness (QED) is 0.695. The molecule has 1 unspecified atom stereocenters. The standard InChI is InChI=1S/C21H26F3NO3/c1-4-14(10-13-8-9-17(27-2)18(11-13)28-3)19(25)20(26)15-6-5-7-16(12-15)21(22,23)24/h5-9,11-12,14,19-20,26H,4,10,25H2,1-3H3/t14?,19-,20-/m1/s1. The van der Waals surface area contributed by atoms with E-state index in [-0.39, 0.29) is 11.5 Å². The molecule has 4 nitrogen and oxygen atoms in total. The first-order chi connectivity index (χ1) is 13.2. The van der Waals surface area contributed by atoms with Crippen molar-refractivity contribution < 1.29 is 27.8 Å². The Morgan fingerprint density at radius 3 is 2.29 bits per heavy atom. The number of benzene rings is 2. The molecule has 154 valence electrons. The van der Waals surface area contributed by atoms with Crippen molar-refractivity contribution in [3.63, 3.8) is 0 Å². The molecule has 0 saturated heterocycles. The predicted octanol–water partition coefficient (Wildman–Crippen LogP) is 4.35. The summed E-state index contributed by atoms with van der Waals surface area (Å²) in [7, 11) is 3.09. The Kier molecular flexibility index (Phi) is 7.32. The van der Waals surface area contributed by atoms with Crippen LogP contribution >= 0.6 is 0 Å². The molecule has 3 atom stereocenters. The van der Waals surface area contributed by atoms with E-state index in [0.29, 0.717) is 24.3 Å². The van der Waals surface area contributed by atoms with Gasteiger partial charge in [-0.3, -0.25) is 0 Å². The van der Waals surface area contributed by atoms with Gasteiger partial charge in [-0.2, -0.15) is 13.2 Å². The third kappa shape index (κ3) is 5.17. The first kappa shape index (κ1) is 22.0. The number of ether oxygens (including phenoxy) is 2. The Bertz CT molecular complexity index is 780. The lowest BCUT2D eigenvalue weighted by Crippen LogP contribution is -2.37. The molecule has 3 N–H and O–H groups in total. The minimum Gasteiger partial charge on any atom is -0.493 e. The molecule has 2 rings (SSSR count). The second-order valence-electron chi connectivity index (χ2n) is 6.71. The second-order valence-corrected chi connectivity index (χ2v) is 6.71. The second kappa shape index (κ2) is 9.30. The fourth-order valence-electron chi connectivity index (χ4n) is 3.24. The van der Waals surface area contributed by atoms with E-state index < -0.39 is 23.9 Å². The summed E-state index contributed by atoms with van der Waals surface area (Å²) in [6.07, 6.45) is -4.46. The van der Waals surface area contributed by atoms with Gasteiger partial charge in [-0.05, 0) is 47.7 Å². The van der Waals surface area contributed by atoms with Gasteiger partial charge in [0.1, 0.15) is 0 Å². The predicted molar refractivity (Wildman–Crippen MR) is 101 cm³/mol. The highest BCUT2D eigenvalue weighted by molar-refractivity contribution is 5.43. The van der Waals surface area contributed by atoms with Gasteiger partial charge in [0.05, 0.1) is 25.9 Å². The van der Waals surface area contributed by atoms with Crippen LogP contribution in [0.5, 0.6) is 11.5 Å². The van der Waals surface area contributed by atoms with Crippen LogP contribution in [-0.2, 0) is 12.6 Å². The molecular weight excluding hydrogens is 371 g/mol. The van der Waals surface area contributed by atoms with E-state index in [1.807, 2.05) is 19.1 Å². The fourth-order valence-corrected chi connectivity index (χ4v) is 3.24. The average Bonchev–Trinajstić information content (AvgIpc) is 2.70. The van der Waals surface area contributed by atoms with Crippen LogP contribution in [0.15, 0.2) is 42.5 Å². The maximum atomic E-state index is 12.9. The summed E-state index contributed by atoms with van der Waals surface area (Å²) in [5.74, 6) is 1.05. The van der Waals surface area contributed by atoms with Gasteiger partial charge in [0.2, 0.25) is 0 Å². The molecule has 7 heteroatoms. The monoisotopic (exact) mass is 397 g/mol. The van der Waals surface area contributed by atoms with Crippen molar-refractivity contribution in [2.24, 2.45) is 11.7 Å². The third-order valence-corrected chi connectivity index (χ3v) is 4.93. The lowest BCUT2D eigenvalue weighted by molar-refractivity contribution is -0.137. The molecule has 0 aliphatic rings. The largest absolute Gasteiger partial charge is 0.493 e. The van der Waals surface area contributed by atoms with Crippen LogP contribution in [-0.4, -0.2) is 25.4 Å². The van der Waals surface area contributed by atoms with Gasteiger partial charge in [0.15, 0.2) is 11.5 Å². The molecule has 0 aliphatic heterocycles. The van der Waals surface area contributed by atoms with Crippen LogP contribution in [0.4, 0.5) is 13.2 Å². The number of hydrogen-bond acceptors (Lipinski definition) is 4. The smallest absolute Gasteiger partial charge is 0.416 e. The zero-order valence-corrected chi connectivity index (χ0v) is 16.2. The van der Waals surface area contributed by atoms with E-state index in [9.17, 15) is 18.3 Å². The van der Waals surface area contributed by atoms with Gasteiger partial charge in [0, 0.05) is 6.04 Å². The highest BCUT2D eigenvalue weighted by atomic mass is 19.4. The van der Waals surface area contributed by atoms with Gasteiger partial charge in [0.25, 0.3) is 0 Å². The van der Waals surface area contributed by atoms with E-state index >= 15 is 0 Å². The molecule has 2 aromatic carbocycles. The highest BCUT2D eigenvalue weighted by Crippen LogP contribution is 2.33. The first-order valence-electron chi connectivity index (χ1n) is 9.03. The number of nitrogens with two attached hydrogens (primary N) is 1. The van der Waals surface area contributed by atoms with Gasteiger partial charge >= 0.3 is 6.18 Å². The first-order valence-corrected chi connectivity index (χ1v) is 9.03. The Morgan fingerprint density at radius 1 is 1.04 bits per heavy atom. The fraction of sp³-hybridized carbons (Fsp3) is 0.429. The summed E-state index contributed by atoms with van der Waals surface area (Å²) in [5.41, 5.74) is 6.55. The van der Waals surface area contributed by atoms with Gasteiger partial charge in [-0.1, -0.05) is 31.5 Å². The van der Waals surface area contributed by atoms with Crippen molar-refractivity contribution in [3.05, 3.63) is 59.2 Å². The number of methoxy groups -OCH3 is 2. The summed E-state index contributed by atoms with van der Waals surface area (Å²) in [6, 6.07) is 9.46. The molecule has 0 fully saturated rings. The van der Waals surface area contributed by atoms with Crippen LogP contribution in [0.25, 0.3) is 0 Å². The maximum absolute atomic E-state index is 12.9. The van der Waals surface area contributed by atoms with E-state index in [2.05, 4.69) is 0 Å². The molecule has 0 saturated carbocycles. The molecule has 2 aromatic rings. The Balaban J connectivity index is 2.20. The minimum atomic E-state index is -4.47. The minimum absolute atomic E-state index is 0.136. The topological polar surface area (TPSA) is 64.7 Å². The van der Waals surface area contributed by atoms with Crippen LogP contribution in [0, 0.1) is 5.92 Å². The Labute approximate surface area is 163 Å². The van der Waals surface area contributed by atoms with Crippen LogP contribution in [0.1, 0.15) is 36.1 Å². The van der Waals surface area contributed by atoms with Gasteiger partial charge in [-0.25, -0.2) is 0 Å². The van der Waals surface area contributed by atoms with Crippen LogP contribution in [0.2, 0.25) is 0 Å². The van der Waals surface area contributed by atoms with E-state index in [1.54, 1.807) is 20.3 Å². The number of alkyl halides is 3. The number of aliphatic hydroxyl groups excluding tert-OH is 1. The average molecular weight is 397 g/mol. The molecule has 0 heterocycles. The van der Waals surface area contributed by atoms with E-state index in [4.69, 9.17) is 15.2 Å². The van der Waals surface area contributed by atoms with Crippen molar-refractivity contribution in [1.82, 2.24) is 0 Å². The molecule has 0 aromatic heterocycles. The molecule has 0 radical (unpaired) electrons. The number of halogens is 3. The SMILES string of the molecule is CCC(Cc1ccc(OC)c(OC)c1)[C@@H](N)[C@H](O)c1cccc(C(F)(F)F)c1. The number of rotatable bonds is 8. The van der Waals surface area contributed by atoms with Crippen LogP contribution in [0.3, 0.4) is 0 Å². The summed E-state index contributed by atoms with van der Waals surface area (Å²) in [5, 5.41) is 10.6. The van der Waals surface area contributed by atoms with Crippen molar-refractivity contribution >= 4 is 0 Å². The Hall–Kier alpha value is -2.25. The molecule has 28 heavy (non-hydrogen) atoms. The van der Waals surface area contributed by atoms with E-state index in [1.165, 1.54) is 12.1 Å². The molecule has 0 bridgehead atoms. The summed E-state index contributed by atoms with van der Waals surface area (Å²) in [6.45, 7) is 1.93.